The third kappa shape index (κ3) is 2.09. The van der Waals surface area contributed by atoms with E-state index >= 15 is 0 Å². The molecule has 0 aromatic carbocycles. The second kappa shape index (κ2) is 3.55. The summed E-state index contributed by atoms with van der Waals surface area (Å²) in [4.78, 5) is 0. The van der Waals surface area contributed by atoms with Gasteiger partial charge in [0.1, 0.15) is 0 Å². The minimum Gasteiger partial charge on any atom is -0.305 e. The van der Waals surface area contributed by atoms with Crippen molar-refractivity contribution in [3.63, 3.8) is 0 Å². The van der Waals surface area contributed by atoms with Crippen molar-refractivity contribution in [3.8, 4) is 0 Å². The van der Waals surface area contributed by atoms with E-state index in [-0.39, 0.29) is 0 Å². The van der Waals surface area contributed by atoms with Crippen LogP contribution < -0.4 is 0 Å². The summed E-state index contributed by atoms with van der Waals surface area (Å²) in [6.45, 7) is 0.685. The molecule has 0 aromatic rings. The molecule has 0 saturated heterocycles. The van der Waals surface area contributed by atoms with Gasteiger partial charge in [-0.1, -0.05) is 12.2 Å². The third-order valence-electron chi connectivity index (χ3n) is 0.914. The van der Waals surface area contributed by atoms with Crippen LogP contribution in [0.2, 0.25) is 0 Å². The van der Waals surface area contributed by atoms with Crippen LogP contribution in [0.25, 0.3) is 0 Å². The standard InChI is InChI=1S/C5H7NO2S/c7-9-8-6-4-2-1-3-5-6/h1-4,7H,5H2. The third-order valence-corrected chi connectivity index (χ3v) is 1.17. The second-order valence-electron chi connectivity index (χ2n) is 1.52. The van der Waals surface area contributed by atoms with Gasteiger partial charge in [-0.2, -0.15) is 4.28 Å². The topological polar surface area (TPSA) is 32.7 Å². The van der Waals surface area contributed by atoms with E-state index in [1.165, 1.54) is 5.06 Å². The van der Waals surface area contributed by atoms with Crippen molar-refractivity contribution >= 4 is 12.3 Å². The van der Waals surface area contributed by atoms with E-state index in [1.54, 1.807) is 6.20 Å². The molecule has 1 aliphatic heterocycles. The van der Waals surface area contributed by atoms with E-state index in [9.17, 15) is 0 Å². The largest absolute Gasteiger partial charge is 0.305 e. The van der Waals surface area contributed by atoms with Crippen LogP contribution >= 0.6 is 12.3 Å². The predicted molar refractivity (Wildman–Crippen MR) is 36.3 cm³/mol. The van der Waals surface area contributed by atoms with Crippen LogP contribution in [0.4, 0.5) is 0 Å². The fourth-order valence-corrected chi connectivity index (χ4v) is 0.744. The SMILES string of the molecule is OSON1C=CC=CC1. The first kappa shape index (κ1) is 6.67. The average molecular weight is 145 g/mol. The minimum atomic E-state index is 0.349. The quantitative estimate of drug-likeness (QED) is 0.596. The van der Waals surface area contributed by atoms with Gasteiger partial charge in [0, 0.05) is 6.20 Å². The lowest BCUT2D eigenvalue weighted by Crippen LogP contribution is -2.15. The number of hydrogen-bond donors (Lipinski definition) is 1. The summed E-state index contributed by atoms with van der Waals surface area (Å²) in [7, 11) is 0. The summed E-state index contributed by atoms with van der Waals surface area (Å²) < 4.78 is 12.9. The Morgan fingerprint density at radius 1 is 1.56 bits per heavy atom. The Labute approximate surface area is 58.0 Å². The molecule has 0 bridgehead atoms. The van der Waals surface area contributed by atoms with Gasteiger partial charge in [-0.25, -0.2) is 5.06 Å². The summed E-state index contributed by atoms with van der Waals surface area (Å²) in [5, 5.41) is 1.52. The van der Waals surface area contributed by atoms with Crippen molar-refractivity contribution in [1.29, 1.82) is 0 Å². The van der Waals surface area contributed by atoms with E-state index in [1.807, 2.05) is 18.2 Å². The van der Waals surface area contributed by atoms with Gasteiger partial charge in [0.05, 0.1) is 6.54 Å². The molecule has 1 rings (SSSR count). The zero-order valence-corrected chi connectivity index (χ0v) is 5.54. The van der Waals surface area contributed by atoms with Crippen molar-refractivity contribution in [2.24, 2.45) is 0 Å². The van der Waals surface area contributed by atoms with Crippen molar-refractivity contribution in [3.05, 3.63) is 24.4 Å². The van der Waals surface area contributed by atoms with E-state index in [0.717, 1.165) is 0 Å². The molecule has 0 saturated carbocycles. The molecule has 9 heavy (non-hydrogen) atoms. The molecule has 0 fully saturated rings. The Hall–Kier alpha value is -0.450. The molecule has 0 amide bonds. The van der Waals surface area contributed by atoms with Gasteiger partial charge in [-0.3, -0.25) is 0 Å². The van der Waals surface area contributed by atoms with Crippen LogP contribution in [0.5, 0.6) is 0 Å². The van der Waals surface area contributed by atoms with Crippen LogP contribution in [-0.4, -0.2) is 16.2 Å². The van der Waals surface area contributed by atoms with Gasteiger partial charge in [-0.15, -0.1) is 0 Å². The summed E-state index contributed by atoms with van der Waals surface area (Å²) >= 11 is 0.349. The minimum absolute atomic E-state index is 0.349. The fourth-order valence-electron chi connectivity index (χ4n) is 0.548. The molecular formula is C5H7NO2S. The average Bonchev–Trinajstić information content (AvgIpc) is 1.91. The first-order valence-electron chi connectivity index (χ1n) is 2.51. The molecule has 1 aliphatic rings. The van der Waals surface area contributed by atoms with Gasteiger partial charge in [0.25, 0.3) is 0 Å². The van der Waals surface area contributed by atoms with Crippen molar-refractivity contribution in [1.82, 2.24) is 5.06 Å². The van der Waals surface area contributed by atoms with Gasteiger partial charge in [0.2, 0.25) is 0 Å². The molecular weight excluding hydrogens is 138 g/mol. The Bertz CT molecular complexity index is 135. The highest BCUT2D eigenvalue weighted by Gasteiger charge is 1.97. The molecule has 0 spiro atoms. The molecule has 0 aliphatic carbocycles. The predicted octanol–water partition coefficient (Wildman–Crippen LogP) is 1.42. The highest BCUT2D eigenvalue weighted by atomic mass is 32.2. The second-order valence-corrected chi connectivity index (χ2v) is 1.82. The molecule has 4 heteroatoms. The molecule has 1 N–H and O–H groups in total. The number of rotatable bonds is 2. The summed E-state index contributed by atoms with van der Waals surface area (Å²) in [6.07, 6.45) is 7.42. The van der Waals surface area contributed by atoms with Crippen LogP contribution in [0.1, 0.15) is 0 Å². The first-order valence-corrected chi connectivity index (χ1v) is 3.21. The molecule has 0 unspecified atom stereocenters. The lowest BCUT2D eigenvalue weighted by atomic mass is 10.4. The van der Waals surface area contributed by atoms with Crippen LogP contribution in [0.15, 0.2) is 24.4 Å². The van der Waals surface area contributed by atoms with Crippen LogP contribution in [-0.2, 0) is 4.28 Å². The normalized spacial score (nSPS) is 16.8. The number of hydroxylamine groups is 2. The Balaban J connectivity index is 2.28. The Kier molecular flexibility index (Phi) is 2.63. The molecule has 3 nitrogen and oxygen atoms in total. The lowest BCUT2D eigenvalue weighted by molar-refractivity contribution is 0.0218. The van der Waals surface area contributed by atoms with Gasteiger partial charge in [0.15, 0.2) is 12.3 Å². The number of nitrogens with zero attached hydrogens (tertiary/aromatic N) is 1. The van der Waals surface area contributed by atoms with Crippen molar-refractivity contribution in [2.45, 2.75) is 0 Å². The van der Waals surface area contributed by atoms with Gasteiger partial charge < -0.3 is 4.55 Å². The Morgan fingerprint density at radius 3 is 3.00 bits per heavy atom. The summed E-state index contributed by atoms with van der Waals surface area (Å²) in [5.74, 6) is 0. The van der Waals surface area contributed by atoms with Gasteiger partial charge in [-0.05, 0) is 6.08 Å². The monoisotopic (exact) mass is 145 g/mol. The fraction of sp³-hybridized carbons (Fsp3) is 0.200. The van der Waals surface area contributed by atoms with Crippen molar-refractivity contribution in [2.75, 3.05) is 6.54 Å². The van der Waals surface area contributed by atoms with Crippen LogP contribution in [0.3, 0.4) is 0 Å². The molecule has 0 radical (unpaired) electrons. The van der Waals surface area contributed by atoms with E-state index in [0.29, 0.717) is 18.9 Å². The van der Waals surface area contributed by atoms with Crippen molar-refractivity contribution < 1.29 is 8.84 Å². The van der Waals surface area contributed by atoms with Crippen LogP contribution in [0, 0.1) is 0 Å². The zero-order chi connectivity index (χ0) is 6.53. The maximum Gasteiger partial charge on any atom is 0.183 e. The summed E-state index contributed by atoms with van der Waals surface area (Å²) in [5.41, 5.74) is 0. The maximum absolute atomic E-state index is 8.21. The van der Waals surface area contributed by atoms with Gasteiger partial charge >= 0.3 is 0 Å². The first-order chi connectivity index (χ1) is 4.43. The van der Waals surface area contributed by atoms with E-state index < -0.39 is 0 Å². The number of allylic oxidation sites excluding steroid dienone is 2. The molecule has 0 atom stereocenters. The maximum atomic E-state index is 8.21. The van der Waals surface area contributed by atoms with E-state index in [4.69, 9.17) is 4.55 Å². The van der Waals surface area contributed by atoms with E-state index in [2.05, 4.69) is 4.28 Å². The smallest absolute Gasteiger partial charge is 0.183 e. The lowest BCUT2D eigenvalue weighted by Gasteiger charge is -2.15. The highest BCUT2D eigenvalue weighted by molar-refractivity contribution is 7.88. The Morgan fingerprint density at radius 2 is 2.44 bits per heavy atom. The molecule has 1 heterocycles. The highest BCUT2D eigenvalue weighted by Crippen LogP contribution is 2.04. The molecule has 50 valence electrons. The summed E-state index contributed by atoms with van der Waals surface area (Å²) in [6, 6.07) is 0. The zero-order valence-electron chi connectivity index (χ0n) is 4.73. The molecule has 0 aromatic heterocycles. The number of hydrogen-bond acceptors (Lipinski definition) is 4.